The first-order chi connectivity index (χ1) is 7.20. The van der Waals surface area contributed by atoms with Gasteiger partial charge in [0.15, 0.2) is 0 Å². The number of nitrogens with zero attached hydrogens (tertiary/aromatic N) is 1. The molecule has 15 heavy (non-hydrogen) atoms. The summed E-state index contributed by atoms with van der Waals surface area (Å²) in [5.41, 5.74) is 2.29. The Morgan fingerprint density at radius 1 is 1.47 bits per heavy atom. The number of aromatic nitrogens is 1. The molecular formula is C11H10BrNOS. The second kappa shape index (κ2) is 4.43. The zero-order chi connectivity index (χ0) is 10.8. The number of aryl methyl sites for hydroxylation is 1. The topological polar surface area (TPSA) is 33.1 Å². The Balaban J connectivity index is 2.44. The predicted molar refractivity (Wildman–Crippen MR) is 65.9 cm³/mol. The summed E-state index contributed by atoms with van der Waals surface area (Å²) in [5, 5.41) is 9.91. The van der Waals surface area contributed by atoms with Gasteiger partial charge < -0.3 is 5.11 Å². The summed E-state index contributed by atoms with van der Waals surface area (Å²) < 4.78 is 1.04. The predicted octanol–water partition coefficient (Wildman–Crippen LogP) is 3.37. The Bertz CT molecular complexity index is 481. The number of benzene rings is 1. The van der Waals surface area contributed by atoms with Gasteiger partial charge in [0.1, 0.15) is 5.01 Å². The molecule has 78 valence electrons. The summed E-state index contributed by atoms with van der Waals surface area (Å²) >= 11 is 5.03. The first-order valence-corrected chi connectivity index (χ1v) is 6.14. The third kappa shape index (κ3) is 2.27. The van der Waals surface area contributed by atoms with Crippen LogP contribution in [0.5, 0.6) is 0 Å². The van der Waals surface area contributed by atoms with Crippen LogP contribution in [-0.4, -0.2) is 10.1 Å². The van der Waals surface area contributed by atoms with Gasteiger partial charge in [0.25, 0.3) is 0 Å². The Labute approximate surface area is 101 Å². The van der Waals surface area contributed by atoms with Crippen molar-refractivity contribution in [3.05, 3.63) is 39.3 Å². The number of aliphatic hydroxyl groups is 1. The minimum absolute atomic E-state index is 0.0567. The van der Waals surface area contributed by atoms with Crippen molar-refractivity contribution >= 4 is 27.3 Å². The lowest BCUT2D eigenvalue weighted by atomic mass is 10.2. The summed E-state index contributed by atoms with van der Waals surface area (Å²) in [4.78, 5) is 5.16. The quantitative estimate of drug-likeness (QED) is 0.917. The smallest absolute Gasteiger partial charge is 0.124 e. The average molecular weight is 284 g/mol. The number of hydrogen-bond acceptors (Lipinski definition) is 3. The van der Waals surface area contributed by atoms with E-state index in [2.05, 4.69) is 40.0 Å². The molecule has 0 bridgehead atoms. The van der Waals surface area contributed by atoms with Crippen molar-refractivity contribution in [2.24, 2.45) is 0 Å². The Kier molecular flexibility index (Phi) is 3.19. The van der Waals surface area contributed by atoms with Crippen molar-refractivity contribution in [2.45, 2.75) is 13.5 Å². The third-order valence-electron chi connectivity index (χ3n) is 2.06. The molecule has 0 spiro atoms. The van der Waals surface area contributed by atoms with E-state index in [1.807, 2.05) is 6.07 Å². The van der Waals surface area contributed by atoms with Gasteiger partial charge in [-0.25, -0.2) is 4.98 Å². The maximum Gasteiger partial charge on any atom is 0.124 e. The normalized spacial score (nSPS) is 10.6. The molecule has 0 atom stereocenters. The molecule has 0 saturated carbocycles. The highest BCUT2D eigenvalue weighted by Gasteiger charge is 2.07. The van der Waals surface area contributed by atoms with Gasteiger partial charge in [-0.1, -0.05) is 28.1 Å². The zero-order valence-corrected chi connectivity index (χ0v) is 10.6. The van der Waals surface area contributed by atoms with Gasteiger partial charge in [0.05, 0.1) is 11.5 Å². The van der Waals surface area contributed by atoms with E-state index in [1.54, 1.807) is 6.20 Å². The van der Waals surface area contributed by atoms with Crippen LogP contribution in [0.2, 0.25) is 0 Å². The van der Waals surface area contributed by atoms with E-state index in [0.29, 0.717) is 0 Å². The van der Waals surface area contributed by atoms with Crippen molar-refractivity contribution < 1.29 is 5.11 Å². The molecule has 0 fully saturated rings. The fourth-order valence-corrected chi connectivity index (χ4v) is 2.92. The molecule has 1 aromatic heterocycles. The fraction of sp³-hybridized carbons (Fsp3) is 0.182. The molecule has 2 nitrogen and oxygen atoms in total. The van der Waals surface area contributed by atoms with Gasteiger partial charge in [-0.3, -0.25) is 0 Å². The number of thiazole rings is 1. The molecule has 0 unspecified atom stereocenters. The Hall–Kier alpha value is -0.710. The summed E-state index contributed by atoms with van der Waals surface area (Å²) in [7, 11) is 0. The largest absolute Gasteiger partial charge is 0.391 e. The molecule has 0 aliphatic carbocycles. The molecule has 0 aliphatic heterocycles. The molecule has 4 heteroatoms. The van der Waals surface area contributed by atoms with E-state index in [9.17, 15) is 0 Å². The first kappa shape index (κ1) is 10.8. The van der Waals surface area contributed by atoms with Gasteiger partial charge in [0.2, 0.25) is 0 Å². The molecule has 0 amide bonds. The van der Waals surface area contributed by atoms with Crippen molar-refractivity contribution in [1.29, 1.82) is 0 Å². The number of halogens is 1. The van der Waals surface area contributed by atoms with Gasteiger partial charge in [-0.15, -0.1) is 11.3 Å². The van der Waals surface area contributed by atoms with E-state index in [1.165, 1.54) is 16.9 Å². The first-order valence-electron chi connectivity index (χ1n) is 4.53. The van der Waals surface area contributed by atoms with Crippen molar-refractivity contribution in [2.75, 3.05) is 0 Å². The Morgan fingerprint density at radius 3 is 2.87 bits per heavy atom. The molecule has 0 radical (unpaired) electrons. The zero-order valence-electron chi connectivity index (χ0n) is 8.20. The summed E-state index contributed by atoms with van der Waals surface area (Å²) in [5.74, 6) is 0. The lowest BCUT2D eigenvalue weighted by Gasteiger charge is -2.01. The lowest BCUT2D eigenvalue weighted by Crippen LogP contribution is -1.79. The molecule has 2 rings (SSSR count). The van der Waals surface area contributed by atoms with Crippen LogP contribution in [0.25, 0.3) is 10.6 Å². The van der Waals surface area contributed by atoms with Crippen LogP contribution in [0.3, 0.4) is 0 Å². The molecule has 0 aliphatic rings. The maximum absolute atomic E-state index is 8.97. The minimum atomic E-state index is 0.0567. The summed E-state index contributed by atoms with van der Waals surface area (Å²) in [6, 6.07) is 6.16. The molecule has 1 aromatic carbocycles. The standard InChI is InChI=1S/C11H10BrNOS/c1-7-2-3-9(10(12)4-7)11-13-5-8(6-14)15-11/h2-5,14H,6H2,1H3. The van der Waals surface area contributed by atoms with Crippen LogP contribution < -0.4 is 0 Å². The second-order valence-corrected chi connectivity index (χ2v) is 5.24. The highest BCUT2D eigenvalue weighted by atomic mass is 79.9. The van der Waals surface area contributed by atoms with Crippen molar-refractivity contribution in [1.82, 2.24) is 4.98 Å². The van der Waals surface area contributed by atoms with Crippen LogP contribution >= 0.6 is 27.3 Å². The molecule has 0 saturated heterocycles. The molecule has 1 N–H and O–H groups in total. The Morgan fingerprint density at radius 2 is 2.27 bits per heavy atom. The molecular weight excluding hydrogens is 274 g/mol. The van der Waals surface area contributed by atoms with Crippen LogP contribution in [-0.2, 0) is 6.61 Å². The van der Waals surface area contributed by atoms with Gasteiger partial charge in [0, 0.05) is 16.2 Å². The van der Waals surface area contributed by atoms with Crippen molar-refractivity contribution in [3.8, 4) is 10.6 Å². The second-order valence-electron chi connectivity index (χ2n) is 3.27. The van der Waals surface area contributed by atoms with Crippen LogP contribution in [0.4, 0.5) is 0 Å². The summed E-state index contributed by atoms with van der Waals surface area (Å²) in [6.07, 6.45) is 1.71. The van der Waals surface area contributed by atoms with Crippen molar-refractivity contribution in [3.63, 3.8) is 0 Å². The van der Waals surface area contributed by atoms with E-state index in [0.717, 1.165) is 19.9 Å². The van der Waals surface area contributed by atoms with Crippen LogP contribution in [0, 0.1) is 6.92 Å². The molecule has 1 heterocycles. The average Bonchev–Trinajstić information content (AvgIpc) is 2.66. The highest BCUT2D eigenvalue weighted by Crippen LogP contribution is 2.31. The number of aliphatic hydroxyl groups excluding tert-OH is 1. The summed E-state index contributed by atoms with van der Waals surface area (Å²) in [6.45, 7) is 2.11. The van der Waals surface area contributed by atoms with Gasteiger partial charge in [-0.05, 0) is 18.6 Å². The van der Waals surface area contributed by atoms with E-state index < -0.39 is 0 Å². The monoisotopic (exact) mass is 283 g/mol. The van der Waals surface area contributed by atoms with E-state index in [4.69, 9.17) is 5.11 Å². The lowest BCUT2D eigenvalue weighted by molar-refractivity contribution is 0.285. The fourth-order valence-electron chi connectivity index (χ4n) is 1.30. The third-order valence-corrected chi connectivity index (χ3v) is 3.74. The highest BCUT2D eigenvalue weighted by molar-refractivity contribution is 9.10. The molecule has 2 aromatic rings. The number of rotatable bonds is 2. The number of hydrogen-bond donors (Lipinski definition) is 1. The maximum atomic E-state index is 8.97. The van der Waals surface area contributed by atoms with E-state index >= 15 is 0 Å². The van der Waals surface area contributed by atoms with Crippen LogP contribution in [0.15, 0.2) is 28.9 Å². The van der Waals surface area contributed by atoms with E-state index in [-0.39, 0.29) is 6.61 Å². The minimum Gasteiger partial charge on any atom is -0.391 e. The SMILES string of the molecule is Cc1ccc(-c2ncc(CO)s2)c(Br)c1. The van der Waals surface area contributed by atoms with Gasteiger partial charge in [-0.2, -0.15) is 0 Å². The van der Waals surface area contributed by atoms with Crippen LogP contribution in [0.1, 0.15) is 10.4 Å². The van der Waals surface area contributed by atoms with Gasteiger partial charge >= 0.3 is 0 Å².